The van der Waals surface area contributed by atoms with E-state index in [9.17, 15) is 9.59 Å². The number of nitrogens with one attached hydrogen (secondary N) is 1. The Kier molecular flexibility index (Phi) is 5.57. The topological polar surface area (TPSA) is 83.0 Å². The van der Waals surface area contributed by atoms with Crippen LogP contribution < -0.4 is 5.56 Å². The molecule has 2 aromatic heterocycles. The molecule has 1 aliphatic carbocycles. The zero-order chi connectivity index (χ0) is 19.7. The van der Waals surface area contributed by atoms with Crippen molar-refractivity contribution in [1.82, 2.24) is 9.97 Å². The molecule has 0 aliphatic heterocycles. The lowest BCUT2D eigenvalue weighted by Crippen LogP contribution is -2.11. The van der Waals surface area contributed by atoms with Crippen LogP contribution in [0.4, 0.5) is 0 Å². The molecule has 0 amide bonds. The number of aliphatic carboxylic acids is 1. The van der Waals surface area contributed by atoms with Crippen molar-refractivity contribution in [3.8, 4) is 0 Å². The second-order valence-electron chi connectivity index (χ2n) is 6.50. The molecule has 0 radical (unpaired) electrons. The van der Waals surface area contributed by atoms with E-state index in [1.807, 2.05) is 18.2 Å². The molecular weight excluding hydrogens is 416 g/mol. The number of halogens is 1. The first-order chi connectivity index (χ1) is 13.5. The summed E-state index contributed by atoms with van der Waals surface area (Å²) in [5, 5.41) is 10.3. The van der Waals surface area contributed by atoms with Crippen molar-refractivity contribution in [3.05, 3.63) is 61.5 Å². The number of carbonyl (C=O) groups is 1. The van der Waals surface area contributed by atoms with E-state index in [2.05, 4.69) is 4.98 Å². The second-order valence-corrected chi connectivity index (χ2v) is 9.16. The van der Waals surface area contributed by atoms with Crippen LogP contribution in [0.2, 0.25) is 5.02 Å². The van der Waals surface area contributed by atoms with Gasteiger partial charge in [-0.15, -0.1) is 23.1 Å². The van der Waals surface area contributed by atoms with Crippen molar-refractivity contribution >= 4 is 61.9 Å². The van der Waals surface area contributed by atoms with Crippen LogP contribution in [0.25, 0.3) is 21.2 Å². The molecule has 5 nitrogen and oxygen atoms in total. The number of hydrogen-bond acceptors (Lipinski definition) is 5. The molecule has 4 rings (SSSR count). The first-order valence-electron chi connectivity index (χ1n) is 8.88. The van der Waals surface area contributed by atoms with Crippen LogP contribution in [-0.4, -0.2) is 26.8 Å². The van der Waals surface area contributed by atoms with Gasteiger partial charge in [0.2, 0.25) is 0 Å². The SMILES string of the molecule is O=C(O)CCS/C(=C\c1ccc(Cl)cc1)c1nc2sc3c(c2c(=O)[nH]1)CCC3. The molecule has 0 atom stereocenters. The third-order valence-corrected chi connectivity index (χ3v) is 7.02. The Balaban J connectivity index is 1.76. The molecule has 2 heterocycles. The van der Waals surface area contributed by atoms with Crippen LogP contribution in [-0.2, 0) is 17.6 Å². The zero-order valence-corrected chi connectivity index (χ0v) is 17.2. The number of fused-ring (bicyclic) bond motifs is 3. The summed E-state index contributed by atoms with van der Waals surface area (Å²) >= 11 is 8.92. The minimum absolute atomic E-state index is 0.0302. The van der Waals surface area contributed by atoms with Gasteiger partial charge >= 0.3 is 5.97 Å². The van der Waals surface area contributed by atoms with E-state index < -0.39 is 5.97 Å². The van der Waals surface area contributed by atoms with Gasteiger partial charge in [-0.2, -0.15) is 0 Å². The highest BCUT2D eigenvalue weighted by molar-refractivity contribution is 8.08. The number of aromatic amines is 1. The Morgan fingerprint density at radius 3 is 2.86 bits per heavy atom. The maximum Gasteiger partial charge on any atom is 0.304 e. The number of benzene rings is 1. The van der Waals surface area contributed by atoms with Gasteiger partial charge in [-0.3, -0.25) is 9.59 Å². The van der Waals surface area contributed by atoms with Crippen LogP contribution in [0.15, 0.2) is 29.1 Å². The van der Waals surface area contributed by atoms with E-state index in [4.69, 9.17) is 21.7 Å². The van der Waals surface area contributed by atoms with Crippen molar-refractivity contribution in [1.29, 1.82) is 0 Å². The summed E-state index contributed by atoms with van der Waals surface area (Å²) in [6.45, 7) is 0. The van der Waals surface area contributed by atoms with Gasteiger partial charge in [0.25, 0.3) is 5.56 Å². The number of carboxylic acids is 1. The van der Waals surface area contributed by atoms with Gasteiger partial charge in [0, 0.05) is 15.7 Å². The monoisotopic (exact) mass is 432 g/mol. The maximum absolute atomic E-state index is 12.8. The van der Waals surface area contributed by atoms with Crippen molar-refractivity contribution < 1.29 is 9.90 Å². The average Bonchev–Trinajstić information content (AvgIpc) is 3.23. The number of hydrogen-bond donors (Lipinski definition) is 2. The standard InChI is InChI=1S/C20H17ClN2O3S2/c21-12-6-4-11(5-7-12)10-15(27-9-8-16(24)25)18-22-19(26)17-13-2-1-3-14(13)28-20(17)23-18/h4-7,10H,1-3,8-9H2,(H,24,25)(H,22,23,26)/b15-10-. The van der Waals surface area contributed by atoms with Gasteiger partial charge in [-0.25, -0.2) is 4.98 Å². The zero-order valence-electron chi connectivity index (χ0n) is 14.8. The Bertz CT molecular complexity index is 1130. The lowest BCUT2D eigenvalue weighted by Gasteiger charge is -2.07. The highest BCUT2D eigenvalue weighted by Gasteiger charge is 2.21. The van der Waals surface area contributed by atoms with Crippen LogP contribution in [0, 0.1) is 0 Å². The first kappa shape index (κ1) is 19.2. The normalized spacial score (nSPS) is 13.8. The van der Waals surface area contributed by atoms with Gasteiger partial charge < -0.3 is 10.1 Å². The number of aryl methyl sites for hydroxylation is 2. The Morgan fingerprint density at radius 2 is 2.11 bits per heavy atom. The molecule has 0 bridgehead atoms. The number of rotatable bonds is 6. The summed E-state index contributed by atoms with van der Waals surface area (Å²) < 4.78 is 0. The van der Waals surface area contributed by atoms with Crippen LogP contribution >= 0.6 is 34.7 Å². The van der Waals surface area contributed by atoms with Crippen molar-refractivity contribution in [3.63, 3.8) is 0 Å². The molecule has 1 aromatic carbocycles. The molecule has 144 valence electrons. The Hall–Kier alpha value is -2.09. The number of carboxylic acid groups (broad SMARTS) is 1. The van der Waals surface area contributed by atoms with E-state index in [0.29, 0.717) is 22.0 Å². The smallest absolute Gasteiger partial charge is 0.304 e. The molecule has 0 spiro atoms. The summed E-state index contributed by atoms with van der Waals surface area (Å²) in [4.78, 5) is 34.0. The number of H-pyrrole nitrogens is 1. The van der Waals surface area contributed by atoms with E-state index >= 15 is 0 Å². The van der Waals surface area contributed by atoms with E-state index in [1.54, 1.807) is 23.5 Å². The fourth-order valence-corrected chi connectivity index (χ4v) is 5.59. The molecule has 0 unspecified atom stereocenters. The minimum atomic E-state index is -0.857. The summed E-state index contributed by atoms with van der Waals surface area (Å²) in [6.07, 6.45) is 4.95. The minimum Gasteiger partial charge on any atom is -0.481 e. The Morgan fingerprint density at radius 1 is 1.32 bits per heavy atom. The third kappa shape index (κ3) is 4.01. The Labute approximate surface area is 174 Å². The predicted octanol–water partition coefficient (Wildman–Crippen LogP) is 4.83. The molecule has 0 saturated carbocycles. The van der Waals surface area contributed by atoms with Crippen LogP contribution in [0.5, 0.6) is 0 Å². The molecule has 28 heavy (non-hydrogen) atoms. The van der Waals surface area contributed by atoms with E-state index in [0.717, 1.165) is 40.1 Å². The predicted molar refractivity (Wildman–Crippen MR) is 116 cm³/mol. The number of thioether (sulfide) groups is 1. The van der Waals surface area contributed by atoms with Crippen LogP contribution in [0.3, 0.4) is 0 Å². The summed E-state index contributed by atoms with van der Waals surface area (Å²) in [7, 11) is 0. The summed E-state index contributed by atoms with van der Waals surface area (Å²) in [6, 6.07) is 7.32. The van der Waals surface area contributed by atoms with Gasteiger partial charge in [-0.05, 0) is 48.6 Å². The maximum atomic E-state index is 12.8. The first-order valence-corrected chi connectivity index (χ1v) is 11.1. The highest BCUT2D eigenvalue weighted by Crippen LogP contribution is 2.36. The fraction of sp³-hybridized carbons (Fsp3) is 0.250. The van der Waals surface area contributed by atoms with Gasteiger partial charge in [0.15, 0.2) is 0 Å². The van der Waals surface area contributed by atoms with Gasteiger partial charge in [-0.1, -0.05) is 23.7 Å². The van der Waals surface area contributed by atoms with Crippen molar-refractivity contribution in [2.75, 3.05) is 5.75 Å². The van der Waals surface area contributed by atoms with E-state index in [-0.39, 0.29) is 12.0 Å². The molecule has 3 aromatic rings. The molecule has 8 heteroatoms. The number of aromatic nitrogens is 2. The van der Waals surface area contributed by atoms with Gasteiger partial charge in [0.05, 0.1) is 16.7 Å². The van der Waals surface area contributed by atoms with Crippen molar-refractivity contribution in [2.45, 2.75) is 25.7 Å². The fourth-order valence-electron chi connectivity index (χ4n) is 3.26. The number of thiophene rings is 1. The largest absolute Gasteiger partial charge is 0.481 e. The van der Waals surface area contributed by atoms with Crippen molar-refractivity contribution in [2.24, 2.45) is 0 Å². The average molecular weight is 433 g/mol. The van der Waals surface area contributed by atoms with Crippen LogP contribution in [0.1, 0.15) is 34.7 Å². The molecule has 2 N–H and O–H groups in total. The third-order valence-electron chi connectivity index (χ3n) is 4.55. The lowest BCUT2D eigenvalue weighted by atomic mass is 10.2. The lowest BCUT2D eigenvalue weighted by molar-refractivity contribution is -0.136. The number of nitrogens with zero attached hydrogens (tertiary/aromatic N) is 1. The molecule has 0 fully saturated rings. The molecule has 1 aliphatic rings. The van der Waals surface area contributed by atoms with E-state index in [1.165, 1.54) is 16.6 Å². The van der Waals surface area contributed by atoms with Gasteiger partial charge in [0.1, 0.15) is 10.7 Å². The second kappa shape index (κ2) is 8.11. The molecular formula is C20H17ClN2O3S2. The quantitative estimate of drug-likeness (QED) is 0.582. The summed E-state index contributed by atoms with van der Waals surface area (Å²) in [5.41, 5.74) is 1.92. The summed E-state index contributed by atoms with van der Waals surface area (Å²) in [5.74, 6) is 0.00459. The molecule has 0 saturated heterocycles. The highest BCUT2D eigenvalue weighted by atomic mass is 35.5.